The smallest absolute Gasteiger partial charge is 0.255 e. The van der Waals surface area contributed by atoms with Gasteiger partial charge in [0.05, 0.1) is 36.2 Å². The molecule has 0 saturated carbocycles. The number of hydrogen-bond donors (Lipinski definition) is 1. The first kappa shape index (κ1) is 16.3. The Labute approximate surface area is 145 Å². The normalized spacial score (nSPS) is 14.1. The Morgan fingerprint density at radius 3 is 2.75 bits per heavy atom. The maximum atomic E-state index is 12.5. The van der Waals surface area contributed by atoms with Gasteiger partial charge in [-0.25, -0.2) is 0 Å². The highest BCUT2D eigenvalue weighted by atomic mass is 35.5. The summed E-state index contributed by atoms with van der Waals surface area (Å²) in [4.78, 5) is 14.7. The number of carbonyl (C=O) groups is 1. The van der Waals surface area contributed by atoms with Crippen LogP contribution in [0.2, 0.25) is 5.02 Å². The van der Waals surface area contributed by atoms with E-state index >= 15 is 0 Å². The molecular formula is C18H16ClN3O2. The zero-order valence-corrected chi connectivity index (χ0v) is 13.7. The number of rotatable bonds is 3. The predicted molar refractivity (Wildman–Crippen MR) is 93.6 cm³/mol. The minimum absolute atomic E-state index is 0.274. The number of nitriles is 1. The third kappa shape index (κ3) is 3.67. The molecule has 1 aliphatic rings. The van der Waals surface area contributed by atoms with Gasteiger partial charge >= 0.3 is 0 Å². The van der Waals surface area contributed by atoms with Crippen LogP contribution in [-0.2, 0) is 4.74 Å². The van der Waals surface area contributed by atoms with Crippen molar-refractivity contribution >= 4 is 28.9 Å². The summed E-state index contributed by atoms with van der Waals surface area (Å²) >= 11 is 6.10. The number of nitrogens with one attached hydrogen (secondary N) is 1. The lowest BCUT2D eigenvalue weighted by atomic mass is 10.1. The molecule has 0 spiro atoms. The highest BCUT2D eigenvalue weighted by Gasteiger charge is 2.17. The van der Waals surface area contributed by atoms with Crippen molar-refractivity contribution in [3.8, 4) is 6.07 Å². The minimum atomic E-state index is -0.274. The van der Waals surface area contributed by atoms with Crippen molar-refractivity contribution in [2.75, 3.05) is 36.5 Å². The maximum Gasteiger partial charge on any atom is 0.255 e. The molecule has 6 heteroatoms. The first-order valence-corrected chi connectivity index (χ1v) is 7.99. The van der Waals surface area contributed by atoms with Crippen LogP contribution < -0.4 is 10.2 Å². The van der Waals surface area contributed by atoms with Gasteiger partial charge in [-0.15, -0.1) is 0 Å². The summed E-state index contributed by atoms with van der Waals surface area (Å²) in [5, 5.41) is 12.4. The van der Waals surface area contributed by atoms with Gasteiger partial charge in [-0.3, -0.25) is 4.79 Å². The topological polar surface area (TPSA) is 65.4 Å². The van der Waals surface area contributed by atoms with Crippen LogP contribution in [0.15, 0.2) is 42.5 Å². The quantitative estimate of drug-likeness (QED) is 0.930. The van der Waals surface area contributed by atoms with Crippen molar-refractivity contribution in [1.29, 1.82) is 5.26 Å². The molecule has 0 bridgehead atoms. The van der Waals surface area contributed by atoms with Gasteiger partial charge in [0, 0.05) is 23.7 Å². The van der Waals surface area contributed by atoms with Crippen molar-refractivity contribution in [3.63, 3.8) is 0 Å². The third-order valence-corrected chi connectivity index (χ3v) is 4.05. The molecule has 0 radical (unpaired) electrons. The molecule has 0 unspecified atom stereocenters. The van der Waals surface area contributed by atoms with Crippen molar-refractivity contribution < 1.29 is 9.53 Å². The molecule has 1 saturated heterocycles. The van der Waals surface area contributed by atoms with E-state index in [9.17, 15) is 4.79 Å². The predicted octanol–water partition coefficient (Wildman–Crippen LogP) is 3.30. The Kier molecular flexibility index (Phi) is 4.99. The number of halogens is 1. The molecule has 1 amide bonds. The zero-order valence-electron chi connectivity index (χ0n) is 13.0. The molecule has 1 heterocycles. The molecule has 2 aromatic rings. The molecular weight excluding hydrogens is 326 g/mol. The average Bonchev–Trinajstić information content (AvgIpc) is 2.62. The van der Waals surface area contributed by atoms with Crippen LogP contribution in [-0.4, -0.2) is 32.2 Å². The number of ether oxygens (including phenoxy) is 1. The molecule has 1 N–H and O–H groups in total. The maximum absolute atomic E-state index is 12.5. The van der Waals surface area contributed by atoms with E-state index in [0.29, 0.717) is 35.1 Å². The number of nitrogens with zero attached hydrogens (tertiary/aromatic N) is 2. The van der Waals surface area contributed by atoms with Crippen molar-refractivity contribution in [2.45, 2.75) is 0 Å². The second-order valence-electron chi connectivity index (χ2n) is 5.41. The van der Waals surface area contributed by atoms with Gasteiger partial charge in [0.25, 0.3) is 5.91 Å². The molecule has 1 aliphatic heterocycles. The van der Waals surface area contributed by atoms with Gasteiger partial charge in [0.15, 0.2) is 0 Å². The lowest BCUT2D eigenvalue weighted by Crippen LogP contribution is -2.36. The Hall–Kier alpha value is -2.55. The zero-order chi connectivity index (χ0) is 16.9. The number of anilines is 2. The summed E-state index contributed by atoms with van der Waals surface area (Å²) in [6.07, 6.45) is 0. The van der Waals surface area contributed by atoms with Gasteiger partial charge in [-0.2, -0.15) is 5.26 Å². The van der Waals surface area contributed by atoms with E-state index in [1.54, 1.807) is 36.4 Å². The second kappa shape index (κ2) is 7.35. The van der Waals surface area contributed by atoms with Gasteiger partial charge in [0.1, 0.15) is 0 Å². The third-order valence-electron chi connectivity index (χ3n) is 3.81. The van der Waals surface area contributed by atoms with Crippen molar-refractivity contribution in [2.24, 2.45) is 0 Å². The largest absolute Gasteiger partial charge is 0.378 e. The highest BCUT2D eigenvalue weighted by Crippen LogP contribution is 2.30. The molecule has 122 valence electrons. The lowest BCUT2D eigenvalue weighted by molar-refractivity contribution is 0.102. The highest BCUT2D eigenvalue weighted by molar-refractivity contribution is 6.31. The fourth-order valence-corrected chi connectivity index (χ4v) is 2.78. The van der Waals surface area contributed by atoms with E-state index in [1.165, 1.54) is 0 Å². The first-order valence-electron chi connectivity index (χ1n) is 7.61. The molecule has 1 fully saturated rings. The molecule has 0 aromatic heterocycles. The number of amides is 1. The lowest BCUT2D eigenvalue weighted by Gasteiger charge is -2.30. The van der Waals surface area contributed by atoms with E-state index in [4.69, 9.17) is 21.6 Å². The SMILES string of the molecule is N#Cc1cccc(C(=O)Nc2cc(Cl)ccc2N2CCOCC2)c1. The summed E-state index contributed by atoms with van der Waals surface area (Å²) in [6.45, 7) is 2.82. The molecule has 3 rings (SSSR count). The van der Waals surface area contributed by atoms with Crippen molar-refractivity contribution in [3.05, 3.63) is 58.6 Å². The summed E-state index contributed by atoms with van der Waals surface area (Å²) in [5.41, 5.74) is 2.44. The molecule has 0 atom stereocenters. The number of morpholine rings is 1. The van der Waals surface area contributed by atoms with Crippen LogP contribution in [0.1, 0.15) is 15.9 Å². The minimum Gasteiger partial charge on any atom is -0.378 e. The van der Waals surface area contributed by atoms with Gasteiger partial charge in [-0.05, 0) is 36.4 Å². The van der Waals surface area contributed by atoms with Gasteiger partial charge in [0.2, 0.25) is 0 Å². The van der Waals surface area contributed by atoms with E-state index in [0.717, 1.165) is 18.8 Å². The number of hydrogen-bond acceptors (Lipinski definition) is 4. The van der Waals surface area contributed by atoms with Crippen LogP contribution in [0, 0.1) is 11.3 Å². The summed E-state index contributed by atoms with van der Waals surface area (Å²) < 4.78 is 5.38. The van der Waals surface area contributed by atoms with Gasteiger partial charge < -0.3 is 15.0 Å². The fourth-order valence-electron chi connectivity index (χ4n) is 2.61. The van der Waals surface area contributed by atoms with Crippen LogP contribution in [0.25, 0.3) is 0 Å². The standard InChI is InChI=1S/C18H16ClN3O2/c19-15-4-5-17(22-6-8-24-9-7-22)16(11-15)21-18(23)14-3-1-2-13(10-14)12-20/h1-5,10-11H,6-9H2,(H,21,23). The van der Waals surface area contributed by atoms with E-state index in [2.05, 4.69) is 10.2 Å². The van der Waals surface area contributed by atoms with E-state index in [1.807, 2.05) is 12.1 Å². The average molecular weight is 342 g/mol. The van der Waals surface area contributed by atoms with Gasteiger partial charge in [-0.1, -0.05) is 17.7 Å². The van der Waals surface area contributed by atoms with Crippen LogP contribution in [0.4, 0.5) is 11.4 Å². The Balaban J connectivity index is 1.87. The van der Waals surface area contributed by atoms with Crippen molar-refractivity contribution in [1.82, 2.24) is 0 Å². The van der Waals surface area contributed by atoms with Crippen LogP contribution in [0.5, 0.6) is 0 Å². The molecule has 2 aromatic carbocycles. The monoisotopic (exact) mass is 341 g/mol. The van der Waals surface area contributed by atoms with E-state index < -0.39 is 0 Å². The Bertz CT molecular complexity index is 795. The summed E-state index contributed by atoms with van der Waals surface area (Å²) in [6, 6.07) is 14.1. The van der Waals surface area contributed by atoms with Crippen LogP contribution >= 0.6 is 11.6 Å². The molecule has 24 heavy (non-hydrogen) atoms. The van der Waals surface area contributed by atoms with Crippen LogP contribution in [0.3, 0.4) is 0 Å². The molecule has 0 aliphatic carbocycles. The summed E-state index contributed by atoms with van der Waals surface area (Å²) in [7, 11) is 0. The first-order chi connectivity index (χ1) is 11.7. The fraction of sp³-hybridized carbons (Fsp3) is 0.222. The molecule has 5 nitrogen and oxygen atoms in total. The summed E-state index contributed by atoms with van der Waals surface area (Å²) in [5.74, 6) is -0.274. The Morgan fingerprint density at radius 1 is 1.21 bits per heavy atom. The number of carbonyl (C=O) groups excluding carboxylic acids is 1. The second-order valence-corrected chi connectivity index (χ2v) is 5.84. The number of benzene rings is 2. The van der Waals surface area contributed by atoms with E-state index in [-0.39, 0.29) is 5.91 Å². The Morgan fingerprint density at radius 2 is 2.00 bits per heavy atom.